The van der Waals surface area contributed by atoms with Crippen LogP contribution >= 0.6 is 0 Å². The Kier molecular flexibility index (Phi) is 4.47. The van der Waals surface area contributed by atoms with Crippen LogP contribution in [0.1, 0.15) is 12.0 Å². The lowest BCUT2D eigenvalue weighted by atomic mass is 10.1. The third kappa shape index (κ3) is 3.45. The molecule has 120 valence electrons. The van der Waals surface area contributed by atoms with Crippen molar-refractivity contribution >= 4 is 11.5 Å². The van der Waals surface area contributed by atoms with Crippen LogP contribution in [-0.4, -0.2) is 29.0 Å². The number of hydrogen-bond donors (Lipinski definition) is 1. The summed E-state index contributed by atoms with van der Waals surface area (Å²) in [5.41, 5.74) is 0.769. The Bertz CT molecular complexity index is 710. The molecule has 6 nitrogen and oxygen atoms in total. The van der Waals surface area contributed by atoms with E-state index in [-0.39, 0.29) is 22.5 Å². The third-order valence-corrected chi connectivity index (χ3v) is 4.00. The highest BCUT2D eigenvalue weighted by Gasteiger charge is 2.25. The SMILES string of the molecule is O=[N+]([O-])c1ccccc1CNC1CCN(c2ncccc2F)C1. The van der Waals surface area contributed by atoms with Gasteiger partial charge in [-0.2, -0.15) is 0 Å². The largest absolute Gasteiger partial charge is 0.353 e. The minimum absolute atomic E-state index is 0.116. The Balaban J connectivity index is 1.61. The molecule has 1 unspecified atom stereocenters. The number of nitro benzene ring substituents is 1. The molecule has 1 fully saturated rings. The second-order valence-electron chi connectivity index (χ2n) is 5.51. The summed E-state index contributed by atoms with van der Waals surface area (Å²) in [6.45, 7) is 1.76. The molecule has 2 aromatic rings. The monoisotopic (exact) mass is 316 g/mol. The van der Waals surface area contributed by atoms with Crippen LogP contribution in [0.3, 0.4) is 0 Å². The van der Waals surface area contributed by atoms with Gasteiger partial charge in [-0.1, -0.05) is 18.2 Å². The van der Waals surface area contributed by atoms with Crippen LogP contribution in [0.2, 0.25) is 0 Å². The summed E-state index contributed by atoms with van der Waals surface area (Å²) in [4.78, 5) is 16.6. The van der Waals surface area contributed by atoms with E-state index < -0.39 is 0 Å². The lowest BCUT2D eigenvalue weighted by Gasteiger charge is -2.18. The van der Waals surface area contributed by atoms with Gasteiger partial charge in [-0.05, 0) is 18.6 Å². The van der Waals surface area contributed by atoms with Crippen molar-refractivity contribution in [1.29, 1.82) is 0 Å². The maximum Gasteiger partial charge on any atom is 0.273 e. The summed E-state index contributed by atoms with van der Waals surface area (Å²) >= 11 is 0. The second-order valence-corrected chi connectivity index (χ2v) is 5.51. The van der Waals surface area contributed by atoms with Gasteiger partial charge in [0.1, 0.15) is 0 Å². The molecule has 1 N–H and O–H groups in total. The molecular formula is C16H17FN4O2. The fourth-order valence-electron chi connectivity index (χ4n) is 2.82. The van der Waals surface area contributed by atoms with E-state index in [1.165, 1.54) is 12.1 Å². The Morgan fingerprint density at radius 2 is 2.17 bits per heavy atom. The van der Waals surface area contributed by atoms with Gasteiger partial charge in [0.15, 0.2) is 11.6 Å². The molecule has 0 amide bonds. The molecule has 1 aromatic carbocycles. The zero-order valence-corrected chi connectivity index (χ0v) is 12.5. The number of para-hydroxylation sites is 1. The van der Waals surface area contributed by atoms with Crippen molar-refractivity contribution < 1.29 is 9.31 Å². The van der Waals surface area contributed by atoms with Crippen LogP contribution in [0.5, 0.6) is 0 Å². The number of nitrogens with one attached hydrogen (secondary N) is 1. The Hall–Kier alpha value is -2.54. The second kappa shape index (κ2) is 6.70. The van der Waals surface area contributed by atoms with E-state index in [2.05, 4.69) is 10.3 Å². The first-order valence-electron chi connectivity index (χ1n) is 7.46. The molecule has 1 saturated heterocycles. The van der Waals surface area contributed by atoms with Gasteiger partial charge in [0.05, 0.1) is 4.92 Å². The molecule has 1 atom stereocenters. The summed E-state index contributed by atoms with van der Waals surface area (Å²) < 4.78 is 13.8. The van der Waals surface area contributed by atoms with E-state index in [4.69, 9.17) is 0 Å². The fourth-order valence-corrected chi connectivity index (χ4v) is 2.82. The molecule has 23 heavy (non-hydrogen) atoms. The lowest BCUT2D eigenvalue weighted by Crippen LogP contribution is -2.32. The van der Waals surface area contributed by atoms with Crippen LogP contribution in [0.15, 0.2) is 42.6 Å². The fraction of sp³-hybridized carbons (Fsp3) is 0.312. The lowest BCUT2D eigenvalue weighted by molar-refractivity contribution is -0.385. The Morgan fingerprint density at radius 3 is 2.96 bits per heavy atom. The molecule has 0 bridgehead atoms. The average Bonchev–Trinajstić information content (AvgIpc) is 3.02. The van der Waals surface area contributed by atoms with E-state index in [9.17, 15) is 14.5 Å². The maximum atomic E-state index is 13.8. The van der Waals surface area contributed by atoms with Crippen molar-refractivity contribution in [2.75, 3.05) is 18.0 Å². The Labute approximate surface area is 133 Å². The third-order valence-electron chi connectivity index (χ3n) is 4.00. The summed E-state index contributed by atoms with van der Waals surface area (Å²) in [7, 11) is 0. The molecule has 1 aliphatic rings. The minimum Gasteiger partial charge on any atom is -0.353 e. The summed E-state index contributed by atoms with van der Waals surface area (Å²) in [6.07, 6.45) is 2.42. The smallest absolute Gasteiger partial charge is 0.273 e. The van der Waals surface area contributed by atoms with Crippen LogP contribution in [0.25, 0.3) is 0 Å². The quantitative estimate of drug-likeness (QED) is 0.678. The van der Waals surface area contributed by atoms with E-state index in [0.29, 0.717) is 31.0 Å². The van der Waals surface area contributed by atoms with Crippen molar-refractivity contribution in [3.63, 3.8) is 0 Å². The molecule has 2 heterocycles. The summed E-state index contributed by atoms with van der Waals surface area (Å²) in [5.74, 6) is 0.0364. The molecule has 1 aliphatic heterocycles. The van der Waals surface area contributed by atoms with Crippen molar-refractivity contribution in [2.24, 2.45) is 0 Å². The van der Waals surface area contributed by atoms with Gasteiger partial charge in [-0.15, -0.1) is 0 Å². The van der Waals surface area contributed by atoms with Gasteiger partial charge >= 0.3 is 0 Å². The van der Waals surface area contributed by atoms with Crippen molar-refractivity contribution in [2.45, 2.75) is 19.0 Å². The van der Waals surface area contributed by atoms with Gasteiger partial charge in [0, 0.05) is 43.5 Å². The van der Waals surface area contributed by atoms with E-state index in [1.807, 2.05) is 4.90 Å². The molecule has 0 spiro atoms. The maximum absolute atomic E-state index is 13.8. The van der Waals surface area contributed by atoms with Crippen molar-refractivity contribution in [1.82, 2.24) is 10.3 Å². The predicted octanol–water partition coefficient (Wildman–Crippen LogP) is 2.50. The number of hydrogen-bond acceptors (Lipinski definition) is 5. The van der Waals surface area contributed by atoms with Gasteiger partial charge < -0.3 is 10.2 Å². The molecule has 1 aromatic heterocycles. The van der Waals surface area contributed by atoms with Crippen LogP contribution < -0.4 is 10.2 Å². The number of pyridine rings is 1. The van der Waals surface area contributed by atoms with Crippen molar-refractivity contribution in [3.8, 4) is 0 Å². The summed E-state index contributed by atoms with van der Waals surface area (Å²) in [5, 5.41) is 14.3. The van der Waals surface area contributed by atoms with Crippen LogP contribution in [-0.2, 0) is 6.54 Å². The van der Waals surface area contributed by atoms with E-state index >= 15 is 0 Å². The normalized spacial score (nSPS) is 17.4. The first kappa shape index (κ1) is 15.4. The zero-order valence-electron chi connectivity index (χ0n) is 12.5. The number of nitro groups is 1. The first-order valence-corrected chi connectivity index (χ1v) is 7.46. The molecule has 7 heteroatoms. The number of aromatic nitrogens is 1. The minimum atomic E-state index is -0.374. The van der Waals surface area contributed by atoms with Gasteiger partial charge in [0.2, 0.25) is 0 Å². The molecule has 0 saturated carbocycles. The number of nitrogens with zero attached hydrogens (tertiary/aromatic N) is 3. The highest BCUT2D eigenvalue weighted by Crippen LogP contribution is 2.22. The molecular weight excluding hydrogens is 299 g/mol. The van der Waals surface area contributed by atoms with Gasteiger partial charge in [-0.25, -0.2) is 9.37 Å². The number of rotatable bonds is 5. The molecule has 0 aliphatic carbocycles. The first-order chi connectivity index (χ1) is 11.1. The standard InChI is InChI=1S/C16H17FN4O2/c17-14-5-3-8-18-16(14)20-9-7-13(11-20)19-10-12-4-1-2-6-15(12)21(22)23/h1-6,8,13,19H,7,9-11H2. The van der Waals surface area contributed by atoms with E-state index in [0.717, 1.165) is 6.42 Å². The van der Waals surface area contributed by atoms with Crippen molar-refractivity contribution in [3.05, 3.63) is 64.1 Å². The highest BCUT2D eigenvalue weighted by molar-refractivity contribution is 5.42. The zero-order chi connectivity index (χ0) is 16.2. The van der Waals surface area contributed by atoms with Crippen LogP contribution in [0, 0.1) is 15.9 Å². The summed E-state index contributed by atoms with van der Waals surface area (Å²) in [6, 6.07) is 9.81. The van der Waals surface area contributed by atoms with Crippen LogP contribution in [0.4, 0.5) is 15.9 Å². The number of anilines is 1. The average molecular weight is 316 g/mol. The topological polar surface area (TPSA) is 71.3 Å². The molecule has 0 radical (unpaired) electrons. The predicted molar refractivity (Wildman–Crippen MR) is 84.7 cm³/mol. The highest BCUT2D eigenvalue weighted by atomic mass is 19.1. The van der Waals surface area contributed by atoms with E-state index in [1.54, 1.807) is 30.5 Å². The Morgan fingerprint density at radius 1 is 1.35 bits per heavy atom. The molecule has 3 rings (SSSR count). The number of benzene rings is 1. The number of halogens is 1. The van der Waals surface area contributed by atoms with Gasteiger partial charge in [0.25, 0.3) is 5.69 Å². The van der Waals surface area contributed by atoms with Gasteiger partial charge in [-0.3, -0.25) is 10.1 Å².